The standard InChI is InChI=1S/C14H24N2O2S/c1-11(15)14(13-3-2-10-19-13)16-6-4-12(5-7-16)18-9-8-17/h2-3,10-12,14,17H,4-9,15H2,1H3. The first-order valence-corrected chi connectivity index (χ1v) is 7.86. The van der Waals surface area contributed by atoms with Crippen LogP contribution in [-0.2, 0) is 4.74 Å². The fraction of sp³-hybridized carbons (Fsp3) is 0.714. The first-order valence-electron chi connectivity index (χ1n) is 6.98. The summed E-state index contributed by atoms with van der Waals surface area (Å²) in [6, 6.07) is 4.71. The fourth-order valence-electron chi connectivity index (χ4n) is 2.77. The molecule has 2 heterocycles. The Balaban J connectivity index is 1.91. The Morgan fingerprint density at radius 2 is 2.26 bits per heavy atom. The summed E-state index contributed by atoms with van der Waals surface area (Å²) in [6.07, 6.45) is 2.34. The summed E-state index contributed by atoms with van der Waals surface area (Å²) >= 11 is 1.78. The minimum Gasteiger partial charge on any atom is -0.394 e. The predicted octanol–water partition coefficient (Wildman–Crippen LogP) is 1.61. The Bertz CT molecular complexity index is 348. The van der Waals surface area contributed by atoms with Crippen molar-refractivity contribution in [3.8, 4) is 0 Å². The number of aliphatic hydroxyl groups is 1. The summed E-state index contributed by atoms with van der Waals surface area (Å²) in [4.78, 5) is 3.82. The molecule has 0 aromatic carbocycles. The lowest BCUT2D eigenvalue weighted by Gasteiger charge is -2.38. The molecular formula is C14H24N2O2S. The van der Waals surface area contributed by atoms with Crippen molar-refractivity contribution in [1.29, 1.82) is 0 Å². The van der Waals surface area contributed by atoms with Gasteiger partial charge in [-0.3, -0.25) is 4.90 Å². The number of thiophene rings is 1. The second-order valence-electron chi connectivity index (χ2n) is 5.15. The zero-order valence-corrected chi connectivity index (χ0v) is 12.3. The zero-order chi connectivity index (χ0) is 13.7. The van der Waals surface area contributed by atoms with Crippen LogP contribution >= 0.6 is 11.3 Å². The van der Waals surface area contributed by atoms with E-state index in [2.05, 4.69) is 29.3 Å². The number of ether oxygens (including phenoxy) is 1. The third-order valence-electron chi connectivity index (χ3n) is 3.65. The van der Waals surface area contributed by atoms with Crippen molar-refractivity contribution in [3.63, 3.8) is 0 Å². The number of hydrogen-bond acceptors (Lipinski definition) is 5. The molecular weight excluding hydrogens is 260 g/mol. The third kappa shape index (κ3) is 4.00. The number of aliphatic hydroxyl groups excluding tert-OH is 1. The highest BCUT2D eigenvalue weighted by molar-refractivity contribution is 7.10. The normalized spacial score (nSPS) is 21.4. The zero-order valence-electron chi connectivity index (χ0n) is 11.5. The van der Waals surface area contributed by atoms with E-state index in [9.17, 15) is 0 Å². The lowest BCUT2D eigenvalue weighted by molar-refractivity contribution is -0.0169. The third-order valence-corrected chi connectivity index (χ3v) is 4.59. The summed E-state index contributed by atoms with van der Waals surface area (Å²) in [5.41, 5.74) is 6.17. The smallest absolute Gasteiger partial charge is 0.0701 e. The van der Waals surface area contributed by atoms with E-state index >= 15 is 0 Å². The van der Waals surface area contributed by atoms with Gasteiger partial charge in [0.25, 0.3) is 0 Å². The van der Waals surface area contributed by atoms with Gasteiger partial charge in [0.15, 0.2) is 0 Å². The van der Waals surface area contributed by atoms with Crippen LogP contribution in [0.5, 0.6) is 0 Å². The molecule has 108 valence electrons. The molecule has 2 rings (SSSR count). The topological polar surface area (TPSA) is 58.7 Å². The number of nitrogens with two attached hydrogens (primary N) is 1. The van der Waals surface area contributed by atoms with E-state index in [1.54, 1.807) is 11.3 Å². The molecule has 0 saturated carbocycles. The van der Waals surface area contributed by atoms with E-state index in [1.165, 1.54) is 4.88 Å². The molecule has 1 aromatic heterocycles. The van der Waals surface area contributed by atoms with E-state index in [0.717, 1.165) is 25.9 Å². The van der Waals surface area contributed by atoms with Crippen LogP contribution in [-0.4, -0.2) is 48.5 Å². The summed E-state index contributed by atoms with van der Waals surface area (Å²) in [5.74, 6) is 0. The number of piperidine rings is 1. The largest absolute Gasteiger partial charge is 0.394 e. The Labute approximate surface area is 119 Å². The molecule has 2 atom stereocenters. The van der Waals surface area contributed by atoms with Crippen LogP contribution in [0.3, 0.4) is 0 Å². The van der Waals surface area contributed by atoms with Crippen molar-refractivity contribution < 1.29 is 9.84 Å². The van der Waals surface area contributed by atoms with Gasteiger partial charge in [-0.2, -0.15) is 0 Å². The molecule has 1 aromatic rings. The highest BCUT2D eigenvalue weighted by Gasteiger charge is 2.29. The van der Waals surface area contributed by atoms with Crippen LogP contribution in [0.15, 0.2) is 17.5 Å². The van der Waals surface area contributed by atoms with Crippen LogP contribution in [0.4, 0.5) is 0 Å². The Morgan fingerprint density at radius 3 is 2.79 bits per heavy atom. The van der Waals surface area contributed by atoms with Gasteiger partial charge in [0.05, 0.1) is 25.4 Å². The molecule has 5 heteroatoms. The molecule has 0 bridgehead atoms. The minimum absolute atomic E-state index is 0.109. The number of nitrogens with zero attached hydrogens (tertiary/aromatic N) is 1. The minimum atomic E-state index is 0.109. The Hall–Kier alpha value is -0.460. The van der Waals surface area contributed by atoms with Gasteiger partial charge < -0.3 is 15.6 Å². The van der Waals surface area contributed by atoms with Gasteiger partial charge in [0.2, 0.25) is 0 Å². The molecule has 1 saturated heterocycles. The molecule has 2 unspecified atom stereocenters. The molecule has 1 aliphatic rings. The average molecular weight is 284 g/mol. The van der Waals surface area contributed by atoms with Crippen molar-refractivity contribution in [3.05, 3.63) is 22.4 Å². The average Bonchev–Trinajstić information content (AvgIpc) is 2.91. The quantitative estimate of drug-likeness (QED) is 0.833. The monoisotopic (exact) mass is 284 g/mol. The summed E-state index contributed by atoms with van der Waals surface area (Å²) in [5, 5.41) is 10.9. The van der Waals surface area contributed by atoms with Crippen molar-refractivity contribution >= 4 is 11.3 Å². The van der Waals surface area contributed by atoms with Crippen LogP contribution in [0.1, 0.15) is 30.7 Å². The summed E-state index contributed by atoms with van der Waals surface area (Å²) in [7, 11) is 0. The van der Waals surface area contributed by atoms with Gasteiger partial charge in [-0.1, -0.05) is 6.07 Å². The van der Waals surface area contributed by atoms with Crippen LogP contribution in [0, 0.1) is 0 Å². The predicted molar refractivity (Wildman–Crippen MR) is 78.3 cm³/mol. The van der Waals surface area contributed by atoms with Crippen molar-refractivity contribution in [2.24, 2.45) is 5.73 Å². The van der Waals surface area contributed by atoms with Gasteiger partial charge in [0.1, 0.15) is 0 Å². The van der Waals surface area contributed by atoms with E-state index in [4.69, 9.17) is 15.6 Å². The Kier molecular flexibility index (Phi) is 5.78. The van der Waals surface area contributed by atoms with Gasteiger partial charge in [-0.15, -0.1) is 11.3 Å². The molecule has 4 nitrogen and oxygen atoms in total. The van der Waals surface area contributed by atoms with E-state index in [0.29, 0.717) is 18.8 Å². The summed E-state index contributed by atoms with van der Waals surface area (Å²) in [6.45, 7) is 4.67. The Morgan fingerprint density at radius 1 is 1.53 bits per heavy atom. The maximum absolute atomic E-state index is 8.78. The molecule has 0 spiro atoms. The first-order chi connectivity index (χ1) is 9.22. The van der Waals surface area contributed by atoms with E-state index < -0.39 is 0 Å². The first kappa shape index (κ1) is 14.9. The lowest BCUT2D eigenvalue weighted by atomic mass is 10.0. The van der Waals surface area contributed by atoms with E-state index in [-0.39, 0.29) is 12.6 Å². The van der Waals surface area contributed by atoms with Crippen molar-refractivity contribution in [1.82, 2.24) is 4.90 Å². The second-order valence-corrected chi connectivity index (χ2v) is 6.13. The molecule has 0 amide bonds. The maximum Gasteiger partial charge on any atom is 0.0701 e. The number of likely N-dealkylation sites (tertiary alicyclic amines) is 1. The molecule has 1 aliphatic heterocycles. The number of hydrogen-bond donors (Lipinski definition) is 2. The molecule has 3 N–H and O–H groups in total. The van der Waals surface area contributed by atoms with Crippen LogP contribution in [0.25, 0.3) is 0 Å². The molecule has 0 aliphatic carbocycles. The van der Waals surface area contributed by atoms with E-state index in [1.807, 2.05) is 0 Å². The van der Waals surface area contributed by atoms with Crippen molar-refractivity contribution in [2.75, 3.05) is 26.3 Å². The van der Waals surface area contributed by atoms with Crippen LogP contribution < -0.4 is 5.73 Å². The number of rotatable bonds is 6. The second kappa shape index (κ2) is 7.36. The summed E-state index contributed by atoms with van der Waals surface area (Å²) < 4.78 is 5.61. The molecule has 0 radical (unpaired) electrons. The SMILES string of the molecule is CC(N)C(c1cccs1)N1CCC(OCCO)CC1. The highest BCUT2D eigenvalue weighted by atomic mass is 32.1. The molecule has 19 heavy (non-hydrogen) atoms. The fourth-order valence-corrected chi connectivity index (χ4v) is 3.75. The van der Waals surface area contributed by atoms with Gasteiger partial charge >= 0.3 is 0 Å². The van der Waals surface area contributed by atoms with Crippen LogP contribution in [0.2, 0.25) is 0 Å². The van der Waals surface area contributed by atoms with Crippen molar-refractivity contribution in [2.45, 2.75) is 38.0 Å². The lowest BCUT2D eigenvalue weighted by Crippen LogP contribution is -2.45. The van der Waals surface area contributed by atoms with Gasteiger partial charge in [-0.25, -0.2) is 0 Å². The van der Waals surface area contributed by atoms with Gasteiger partial charge in [-0.05, 0) is 31.2 Å². The molecule has 1 fully saturated rings. The highest BCUT2D eigenvalue weighted by Crippen LogP contribution is 2.30. The maximum atomic E-state index is 8.78. The van der Waals surface area contributed by atoms with Gasteiger partial charge in [0, 0.05) is 24.0 Å².